The number of likely N-dealkylation sites (tertiary alicyclic amines) is 2. The molecule has 2 aliphatic carbocycles. The predicted molar refractivity (Wildman–Crippen MR) is 216 cm³/mol. The van der Waals surface area contributed by atoms with Gasteiger partial charge in [-0.05, 0) is 63.0 Å². The number of piperidine rings is 1. The van der Waals surface area contributed by atoms with Crippen LogP contribution < -0.4 is 19.5 Å². The lowest BCUT2D eigenvalue weighted by molar-refractivity contribution is -0.146. The Bertz CT molecular complexity index is 2140. The van der Waals surface area contributed by atoms with Crippen LogP contribution in [0.1, 0.15) is 71.6 Å². The number of amides is 4. The van der Waals surface area contributed by atoms with E-state index in [1.165, 1.54) is 11.0 Å². The van der Waals surface area contributed by atoms with Gasteiger partial charge in [0.2, 0.25) is 27.7 Å². The van der Waals surface area contributed by atoms with Gasteiger partial charge < -0.3 is 24.6 Å². The molecule has 4 amide bonds. The molecule has 3 heterocycles. The second-order valence-corrected chi connectivity index (χ2v) is 18.4. The average Bonchev–Trinajstić information content (AvgIpc) is 4.14. The van der Waals surface area contributed by atoms with Gasteiger partial charge in [0.05, 0.1) is 30.1 Å². The summed E-state index contributed by atoms with van der Waals surface area (Å²) in [6.45, 7) is 9.19. The first-order chi connectivity index (χ1) is 27.3. The lowest BCUT2D eigenvalue weighted by atomic mass is 9.91. The van der Waals surface area contributed by atoms with E-state index in [9.17, 15) is 27.6 Å². The number of benzene rings is 2. The summed E-state index contributed by atoms with van der Waals surface area (Å²) in [5.41, 5.74) is 0.646. The van der Waals surface area contributed by atoms with Crippen LogP contribution in [0.3, 0.4) is 0 Å². The molecule has 4 aliphatic rings. The molecule has 2 aromatic carbocycles. The highest BCUT2D eigenvalue weighted by atomic mass is 32.2. The molecule has 57 heavy (non-hydrogen) atoms. The first-order valence-corrected chi connectivity index (χ1v) is 21.7. The summed E-state index contributed by atoms with van der Waals surface area (Å²) in [7, 11) is -2.31. The fraction of sp³-hybridized carbons (Fsp3) is 0.512. The minimum atomic E-state index is -3.89. The monoisotopic (exact) mass is 799 g/mol. The lowest BCUT2D eigenvalue weighted by Crippen LogP contribution is -2.57. The maximum absolute atomic E-state index is 14.8. The predicted octanol–water partition coefficient (Wildman–Crippen LogP) is 4.99. The number of ether oxygens (including phenoxy) is 2. The smallest absolute Gasteiger partial charge is 0.259 e. The van der Waals surface area contributed by atoms with E-state index in [4.69, 9.17) is 14.5 Å². The molecule has 2 aliphatic heterocycles. The molecular weight excluding hydrogens is 747 g/mol. The summed E-state index contributed by atoms with van der Waals surface area (Å²) in [6, 6.07) is 15.9. The van der Waals surface area contributed by atoms with E-state index in [2.05, 4.69) is 16.6 Å². The fourth-order valence-electron chi connectivity index (χ4n) is 8.29. The third-order valence-corrected chi connectivity index (χ3v) is 13.5. The fourth-order valence-corrected chi connectivity index (χ4v) is 9.65. The Labute approximate surface area is 334 Å². The van der Waals surface area contributed by atoms with E-state index in [1.807, 2.05) is 73.3 Å². The van der Waals surface area contributed by atoms with E-state index < -0.39 is 56.6 Å². The van der Waals surface area contributed by atoms with E-state index in [1.54, 1.807) is 7.11 Å². The van der Waals surface area contributed by atoms with Crippen molar-refractivity contribution >= 4 is 44.6 Å². The van der Waals surface area contributed by atoms with Gasteiger partial charge in [-0.2, -0.15) is 0 Å². The molecule has 3 aromatic rings. The number of methoxy groups -OCH3 is 1. The standard InChI is InChI=1S/C43H53N5O8S/c1-5-30-25-43(30,42(52)46-57(53,54)33-15-16-33)45-40(50)37-23-32(26-48(37)41(51)29(20-27(2)3)21-39(49)47-18-10-7-11-19-47)56-38-24-35(28-12-8-6-9-13-28)44-36-22-31(55-4)14-17-34(36)38/h5-6,8-9,12-14,17,22,24,27,29-30,32-33,37H,1,7,10-11,15-16,18-21,23,25-26H2,2-4H3,(H,45,50)(H,46,52)/t29?,30-,32+,37-,43+/m0/s1. The van der Waals surface area contributed by atoms with Crippen molar-refractivity contribution in [2.24, 2.45) is 17.8 Å². The Hall–Kier alpha value is -4.98. The Morgan fingerprint density at radius 1 is 1.04 bits per heavy atom. The first-order valence-electron chi connectivity index (χ1n) is 20.1. The lowest BCUT2D eigenvalue weighted by Gasteiger charge is -2.32. The molecule has 0 bridgehead atoms. The summed E-state index contributed by atoms with van der Waals surface area (Å²) >= 11 is 0. The van der Waals surface area contributed by atoms with Crippen LogP contribution in [0.15, 0.2) is 67.3 Å². The molecule has 304 valence electrons. The molecule has 4 fully saturated rings. The summed E-state index contributed by atoms with van der Waals surface area (Å²) in [4.78, 5) is 64.7. The van der Waals surface area contributed by atoms with Crippen LogP contribution in [0.4, 0.5) is 0 Å². The Kier molecular flexibility index (Phi) is 11.6. The van der Waals surface area contributed by atoms with Gasteiger partial charge in [-0.25, -0.2) is 13.4 Å². The number of nitrogens with zero attached hydrogens (tertiary/aromatic N) is 3. The molecule has 1 aromatic heterocycles. The highest BCUT2D eigenvalue weighted by Gasteiger charge is 2.62. The van der Waals surface area contributed by atoms with Gasteiger partial charge in [0, 0.05) is 60.8 Å². The Balaban J connectivity index is 1.20. The van der Waals surface area contributed by atoms with Gasteiger partial charge in [0.15, 0.2) is 0 Å². The van der Waals surface area contributed by atoms with Gasteiger partial charge >= 0.3 is 0 Å². The zero-order valence-electron chi connectivity index (χ0n) is 32.9. The van der Waals surface area contributed by atoms with Crippen molar-refractivity contribution in [2.45, 2.75) is 94.6 Å². The quantitative estimate of drug-likeness (QED) is 0.202. The Morgan fingerprint density at radius 2 is 1.77 bits per heavy atom. The van der Waals surface area contributed by atoms with E-state index in [0.717, 1.165) is 24.8 Å². The van der Waals surface area contributed by atoms with E-state index in [0.29, 0.717) is 60.4 Å². The van der Waals surface area contributed by atoms with Gasteiger partial charge in [0.25, 0.3) is 5.91 Å². The summed E-state index contributed by atoms with van der Waals surface area (Å²) in [5, 5.41) is 2.95. The van der Waals surface area contributed by atoms with Crippen molar-refractivity contribution in [2.75, 3.05) is 26.7 Å². The number of hydrogen-bond donors (Lipinski definition) is 2. The van der Waals surface area contributed by atoms with Gasteiger partial charge in [-0.3, -0.25) is 23.9 Å². The number of sulfonamides is 1. The number of rotatable bonds is 15. The topological polar surface area (TPSA) is 164 Å². The Morgan fingerprint density at radius 3 is 2.42 bits per heavy atom. The molecule has 7 rings (SSSR count). The zero-order valence-corrected chi connectivity index (χ0v) is 33.8. The molecule has 1 unspecified atom stereocenters. The highest BCUT2D eigenvalue weighted by molar-refractivity contribution is 7.91. The van der Waals surface area contributed by atoms with Crippen molar-refractivity contribution in [3.8, 4) is 22.8 Å². The molecule has 13 nitrogen and oxygen atoms in total. The van der Waals surface area contributed by atoms with Gasteiger partial charge in [0.1, 0.15) is 29.2 Å². The van der Waals surface area contributed by atoms with E-state index in [-0.39, 0.29) is 43.5 Å². The van der Waals surface area contributed by atoms with Gasteiger partial charge in [-0.1, -0.05) is 50.3 Å². The molecule has 2 saturated heterocycles. The average molecular weight is 800 g/mol. The summed E-state index contributed by atoms with van der Waals surface area (Å²) < 4.78 is 40.0. The summed E-state index contributed by atoms with van der Waals surface area (Å²) in [6.07, 6.45) is 5.45. The molecule has 2 N–H and O–H groups in total. The minimum absolute atomic E-state index is 0.0224. The summed E-state index contributed by atoms with van der Waals surface area (Å²) in [5.74, 6) is -1.78. The SMILES string of the molecule is C=C[C@H]1C[C@]1(NC(=O)[C@@H]1C[C@@H](Oc2cc(-c3ccccc3)nc3cc(OC)ccc23)CN1C(=O)C(CC(=O)N1CCCCC1)CC(C)C)C(=O)NS(=O)(=O)C1CC1. The van der Waals surface area contributed by atoms with Crippen molar-refractivity contribution in [1.82, 2.24) is 24.8 Å². The van der Waals surface area contributed by atoms with Crippen molar-refractivity contribution in [3.05, 3.63) is 67.3 Å². The van der Waals surface area contributed by atoms with Crippen LogP contribution in [-0.4, -0.2) is 96.5 Å². The van der Waals surface area contributed by atoms with Crippen molar-refractivity contribution < 1.29 is 37.1 Å². The second-order valence-electron chi connectivity index (χ2n) is 16.4. The van der Waals surface area contributed by atoms with Gasteiger partial charge in [-0.15, -0.1) is 6.58 Å². The van der Waals surface area contributed by atoms with Crippen LogP contribution in [0.25, 0.3) is 22.2 Å². The number of carbonyl (C=O) groups excluding carboxylic acids is 4. The largest absolute Gasteiger partial charge is 0.497 e. The molecule has 0 radical (unpaired) electrons. The molecule has 5 atom stereocenters. The molecular formula is C43H53N5O8S. The number of fused-ring (bicyclic) bond motifs is 1. The maximum atomic E-state index is 14.8. The third-order valence-electron chi connectivity index (χ3n) is 11.7. The van der Waals surface area contributed by atoms with Crippen LogP contribution in [0, 0.1) is 17.8 Å². The van der Waals surface area contributed by atoms with Crippen LogP contribution in [0.5, 0.6) is 11.5 Å². The second kappa shape index (κ2) is 16.5. The van der Waals surface area contributed by atoms with E-state index >= 15 is 0 Å². The minimum Gasteiger partial charge on any atom is -0.497 e. The van der Waals surface area contributed by atoms with Crippen molar-refractivity contribution in [1.29, 1.82) is 0 Å². The normalized spacial score (nSPS) is 23.8. The number of pyridine rings is 1. The number of carbonyl (C=O) groups is 4. The number of nitrogens with one attached hydrogen (secondary N) is 2. The molecule has 0 spiro atoms. The van der Waals surface area contributed by atoms with Crippen molar-refractivity contribution in [3.63, 3.8) is 0 Å². The zero-order chi connectivity index (χ0) is 40.5. The van der Waals surface area contributed by atoms with Crippen LogP contribution in [0.2, 0.25) is 0 Å². The number of hydrogen-bond acceptors (Lipinski definition) is 9. The first kappa shape index (κ1) is 40.2. The number of aromatic nitrogens is 1. The molecule has 2 saturated carbocycles. The maximum Gasteiger partial charge on any atom is 0.259 e. The van der Waals surface area contributed by atoms with Crippen LogP contribution in [-0.2, 0) is 29.2 Å². The highest BCUT2D eigenvalue weighted by Crippen LogP contribution is 2.46. The molecule has 14 heteroatoms. The third kappa shape index (κ3) is 8.80. The van der Waals surface area contributed by atoms with Crippen LogP contribution >= 0.6 is 0 Å².